The summed E-state index contributed by atoms with van der Waals surface area (Å²) in [5, 5.41) is 0. The molecule has 0 bridgehead atoms. The Morgan fingerprint density at radius 2 is 1.82 bits per heavy atom. The van der Waals surface area contributed by atoms with Gasteiger partial charge < -0.3 is 9.64 Å². The van der Waals surface area contributed by atoms with Crippen LogP contribution in [0.3, 0.4) is 0 Å². The molecule has 6 nitrogen and oxygen atoms in total. The molecule has 0 radical (unpaired) electrons. The fourth-order valence-electron chi connectivity index (χ4n) is 3.80. The van der Waals surface area contributed by atoms with Crippen LogP contribution in [0.1, 0.15) is 31.0 Å². The lowest BCUT2D eigenvalue weighted by molar-refractivity contribution is -0.139. The molecule has 0 spiro atoms. The lowest BCUT2D eigenvalue weighted by Gasteiger charge is -2.21. The van der Waals surface area contributed by atoms with Crippen molar-refractivity contribution >= 4 is 35.1 Å². The van der Waals surface area contributed by atoms with E-state index < -0.39 is 12.0 Å². The molecule has 1 aliphatic rings. The highest BCUT2D eigenvalue weighted by Gasteiger charge is 2.30. The molecule has 1 atom stereocenters. The number of aromatic nitrogens is 1. The van der Waals surface area contributed by atoms with E-state index in [0.717, 1.165) is 16.8 Å². The van der Waals surface area contributed by atoms with Gasteiger partial charge in [-0.1, -0.05) is 66.0 Å². The summed E-state index contributed by atoms with van der Waals surface area (Å²) in [4.78, 5) is 33.5. The standard InChI is InChI=1S/C27H27N3O3S/c1-5-33-26(32)24-18(2)28-27-30(22(24)16-13-19-9-7-6-8-10-19)25(31)23(34-27)17-20-11-14-21(15-12-20)29(3)4/h6-17,22H,5H2,1-4H3/b16-13+,23-17-/t22-/m0/s1. The Balaban J connectivity index is 1.83. The maximum Gasteiger partial charge on any atom is 0.338 e. The summed E-state index contributed by atoms with van der Waals surface area (Å²) in [7, 11) is 3.97. The molecule has 1 aliphatic heterocycles. The molecule has 1 aromatic heterocycles. The van der Waals surface area contributed by atoms with Crippen LogP contribution < -0.4 is 19.8 Å². The molecule has 7 heteroatoms. The number of ether oxygens (including phenoxy) is 1. The molecule has 3 aromatic rings. The molecule has 0 amide bonds. The van der Waals surface area contributed by atoms with Gasteiger partial charge in [-0.3, -0.25) is 9.36 Å². The molecule has 0 saturated carbocycles. The van der Waals surface area contributed by atoms with Crippen LogP contribution in [0.5, 0.6) is 0 Å². The monoisotopic (exact) mass is 473 g/mol. The van der Waals surface area contributed by atoms with Crippen molar-refractivity contribution in [3.63, 3.8) is 0 Å². The Hall–Kier alpha value is -3.71. The number of thiazole rings is 1. The van der Waals surface area contributed by atoms with E-state index in [1.165, 1.54) is 11.3 Å². The number of allylic oxidation sites excluding steroid dienone is 2. The predicted molar refractivity (Wildman–Crippen MR) is 138 cm³/mol. The summed E-state index contributed by atoms with van der Waals surface area (Å²) < 4.78 is 7.46. The van der Waals surface area contributed by atoms with Crippen LogP contribution in [-0.2, 0) is 9.53 Å². The average molecular weight is 474 g/mol. The number of carbonyl (C=O) groups is 1. The zero-order valence-electron chi connectivity index (χ0n) is 19.7. The van der Waals surface area contributed by atoms with Crippen molar-refractivity contribution in [1.29, 1.82) is 0 Å². The Morgan fingerprint density at radius 3 is 2.47 bits per heavy atom. The molecule has 4 rings (SSSR count). The smallest absolute Gasteiger partial charge is 0.338 e. The number of esters is 1. The van der Waals surface area contributed by atoms with Gasteiger partial charge in [-0.05, 0) is 43.2 Å². The van der Waals surface area contributed by atoms with Crippen molar-refractivity contribution in [2.24, 2.45) is 4.99 Å². The fourth-order valence-corrected chi connectivity index (χ4v) is 4.86. The van der Waals surface area contributed by atoms with Crippen LogP contribution in [0.4, 0.5) is 5.69 Å². The van der Waals surface area contributed by atoms with E-state index in [-0.39, 0.29) is 12.2 Å². The molecule has 0 fully saturated rings. The fraction of sp³-hybridized carbons (Fsp3) is 0.222. The summed E-state index contributed by atoms with van der Waals surface area (Å²) in [6.45, 7) is 3.80. The van der Waals surface area contributed by atoms with Crippen LogP contribution in [0.2, 0.25) is 0 Å². The SMILES string of the molecule is CCOC(=O)C1=C(C)N=c2s/c(=C\c3ccc(N(C)C)cc3)c(=O)n2[C@H]1/C=C/c1ccccc1. The summed E-state index contributed by atoms with van der Waals surface area (Å²) in [6.07, 6.45) is 5.65. The van der Waals surface area contributed by atoms with Crippen molar-refractivity contribution in [2.75, 3.05) is 25.6 Å². The minimum absolute atomic E-state index is 0.183. The minimum Gasteiger partial charge on any atom is -0.463 e. The molecule has 0 unspecified atom stereocenters. The zero-order valence-corrected chi connectivity index (χ0v) is 20.5. The average Bonchev–Trinajstić information content (AvgIpc) is 3.12. The number of nitrogens with zero attached hydrogens (tertiary/aromatic N) is 3. The van der Waals surface area contributed by atoms with Crippen LogP contribution >= 0.6 is 11.3 Å². The highest BCUT2D eigenvalue weighted by Crippen LogP contribution is 2.26. The second-order valence-corrected chi connectivity index (χ2v) is 9.11. The lowest BCUT2D eigenvalue weighted by atomic mass is 10.0. The number of carbonyl (C=O) groups excluding carboxylic acids is 1. The Kier molecular flexibility index (Phi) is 6.93. The number of fused-ring (bicyclic) bond motifs is 1. The first-order valence-electron chi connectivity index (χ1n) is 11.1. The van der Waals surface area contributed by atoms with Gasteiger partial charge in [-0.15, -0.1) is 0 Å². The normalized spacial score (nSPS) is 15.9. The second kappa shape index (κ2) is 10.1. The van der Waals surface area contributed by atoms with Crippen molar-refractivity contribution in [3.05, 3.63) is 103 Å². The second-order valence-electron chi connectivity index (χ2n) is 8.10. The first kappa shape index (κ1) is 23.4. The maximum absolute atomic E-state index is 13.5. The molecular formula is C27H27N3O3S. The summed E-state index contributed by atoms with van der Waals surface area (Å²) >= 11 is 1.32. The lowest BCUT2D eigenvalue weighted by Crippen LogP contribution is -2.38. The van der Waals surface area contributed by atoms with E-state index in [4.69, 9.17) is 4.74 Å². The summed E-state index contributed by atoms with van der Waals surface area (Å²) in [5.74, 6) is -0.458. The van der Waals surface area contributed by atoms with Gasteiger partial charge in [0.25, 0.3) is 5.56 Å². The molecule has 0 saturated heterocycles. The molecule has 34 heavy (non-hydrogen) atoms. The first-order valence-corrected chi connectivity index (χ1v) is 11.9. The quantitative estimate of drug-likeness (QED) is 0.514. The summed E-state index contributed by atoms with van der Waals surface area (Å²) in [5.41, 5.74) is 3.74. The van der Waals surface area contributed by atoms with Gasteiger partial charge in [0.1, 0.15) is 0 Å². The van der Waals surface area contributed by atoms with Gasteiger partial charge in [-0.25, -0.2) is 9.79 Å². The third kappa shape index (κ3) is 4.79. The number of anilines is 1. The molecule has 0 aliphatic carbocycles. The Labute approximate surface area is 202 Å². The van der Waals surface area contributed by atoms with E-state index in [1.807, 2.05) is 91.8 Å². The van der Waals surface area contributed by atoms with Crippen LogP contribution in [-0.4, -0.2) is 31.2 Å². The van der Waals surface area contributed by atoms with Gasteiger partial charge in [-0.2, -0.15) is 0 Å². The van der Waals surface area contributed by atoms with Crippen LogP contribution in [0, 0.1) is 0 Å². The largest absolute Gasteiger partial charge is 0.463 e. The van der Waals surface area contributed by atoms with Crippen molar-refractivity contribution in [2.45, 2.75) is 19.9 Å². The zero-order chi connectivity index (χ0) is 24.2. The van der Waals surface area contributed by atoms with Gasteiger partial charge in [0, 0.05) is 19.8 Å². The van der Waals surface area contributed by atoms with E-state index >= 15 is 0 Å². The Morgan fingerprint density at radius 1 is 1.12 bits per heavy atom. The van der Waals surface area contributed by atoms with Gasteiger partial charge in [0.2, 0.25) is 0 Å². The van der Waals surface area contributed by atoms with Crippen molar-refractivity contribution in [3.8, 4) is 0 Å². The third-order valence-corrected chi connectivity index (χ3v) is 6.52. The first-order chi connectivity index (χ1) is 16.4. The van der Waals surface area contributed by atoms with E-state index in [0.29, 0.717) is 20.6 Å². The molecule has 0 N–H and O–H groups in total. The highest BCUT2D eigenvalue weighted by atomic mass is 32.1. The predicted octanol–water partition coefficient (Wildman–Crippen LogP) is 3.53. The number of benzene rings is 2. The Bertz CT molecular complexity index is 1430. The minimum atomic E-state index is -0.603. The highest BCUT2D eigenvalue weighted by molar-refractivity contribution is 7.07. The molecule has 2 aromatic carbocycles. The van der Waals surface area contributed by atoms with Crippen molar-refractivity contribution < 1.29 is 9.53 Å². The van der Waals surface area contributed by atoms with Crippen LogP contribution in [0.25, 0.3) is 12.2 Å². The van der Waals surface area contributed by atoms with E-state index in [1.54, 1.807) is 18.4 Å². The number of hydrogen-bond acceptors (Lipinski definition) is 6. The topological polar surface area (TPSA) is 63.9 Å². The summed E-state index contributed by atoms with van der Waals surface area (Å²) in [6, 6.07) is 17.2. The number of hydrogen-bond donors (Lipinski definition) is 0. The maximum atomic E-state index is 13.5. The number of rotatable bonds is 6. The van der Waals surface area contributed by atoms with E-state index in [9.17, 15) is 9.59 Å². The van der Waals surface area contributed by atoms with Crippen LogP contribution in [0.15, 0.2) is 81.7 Å². The van der Waals surface area contributed by atoms with E-state index in [2.05, 4.69) is 4.99 Å². The third-order valence-electron chi connectivity index (χ3n) is 5.54. The molecule has 2 heterocycles. The van der Waals surface area contributed by atoms with Gasteiger partial charge in [0.15, 0.2) is 4.80 Å². The van der Waals surface area contributed by atoms with Gasteiger partial charge in [0.05, 0.1) is 28.5 Å². The molecule has 174 valence electrons. The van der Waals surface area contributed by atoms with Gasteiger partial charge >= 0.3 is 5.97 Å². The van der Waals surface area contributed by atoms with Crippen molar-refractivity contribution in [1.82, 2.24) is 4.57 Å². The molecular weight excluding hydrogens is 446 g/mol.